The van der Waals surface area contributed by atoms with Gasteiger partial charge in [0.2, 0.25) is 65.6 Å². The Morgan fingerprint density at radius 2 is 1.19 bits per heavy atom. The van der Waals surface area contributed by atoms with Crippen molar-refractivity contribution in [3.05, 3.63) is 164 Å². The summed E-state index contributed by atoms with van der Waals surface area (Å²) >= 11 is 14.3. The Morgan fingerprint density at radius 1 is 0.547 bits per heavy atom. The molecule has 15 rings (SSSR count). The maximum atomic E-state index is 16.8. The number of nitrogens with one attached hydrogen (secondary N) is 9. The van der Waals surface area contributed by atoms with Crippen LogP contribution in [-0.2, 0) is 59.0 Å². The van der Waals surface area contributed by atoms with Crippen LogP contribution in [0.5, 0.6) is 69.0 Å². The number of nitrogens with zero attached hydrogens (tertiary/aromatic N) is 1. The Balaban J connectivity index is 1.04. The molecule has 18 atom stereocenters. The molecule has 0 aromatic heterocycles. The van der Waals surface area contributed by atoms with Crippen LogP contribution in [0.15, 0.2) is 115 Å². The minimum Gasteiger partial charge on any atom is -0.508 e. The van der Waals surface area contributed by atoms with Gasteiger partial charge in [-0.25, -0.2) is 4.79 Å². The number of rotatable bonds is 23. The molecule has 0 unspecified atom stereocenters. The third-order valence-electron chi connectivity index (χ3n) is 22.8. The fourth-order valence-electron chi connectivity index (χ4n) is 16.0. The molecule has 8 amide bonds. The van der Waals surface area contributed by atoms with Gasteiger partial charge in [0.05, 0.1) is 16.7 Å². The maximum absolute atomic E-state index is 16.8. The molecule has 0 spiro atoms. The van der Waals surface area contributed by atoms with Crippen molar-refractivity contribution in [2.24, 2.45) is 0 Å². The van der Waals surface area contributed by atoms with Crippen molar-refractivity contribution >= 4 is 76.4 Å². The molecule has 8 heterocycles. The number of benzene rings is 7. The van der Waals surface area contributed by atoms with Crippen LogP contribution < -0.4 is 71.5 Å². The Hall–Kier alpha value is -11.9. The number of aliphatic hydroxyl groups is 7. The molecule has 8 aliphatic rings. The Bertz CT molecular complexity index is 5320. The lowest BCUT2D eigenvalue weighted by Crippen LogP contribution is -2.66. The molecule has 7 aromatic carbocycles. The Kier molecular flexibility index (Phi) is 30.1. The predicted molar refractivity (Wildman–Crippen MR) is 452 cm³/mol. The Labute approximate surface area is 742 Å². The summed E-state index contributed by atoms with van der Waals surface area (Å²) in [5, 5.41) is 161. The van der Waals surface area contributed by atoms with Gasteiger partial charge in [0.25, 0.3) is 0 Å². The van der Waals surface area contributed by atoms with E-state index in [-0.39, 0.29) is 47.8 Å². The van der Waals surface area contributed by atoms with Crippen LogP contribution in [0, 0.1) is 0 Å². The number of carboxylic acid groups (broad SMARTS) is 1. The first kappa shape index (κ1) is 93.7. The zero-order valence-corrected chi connectivity index (χ0v) is 71.1. The van der Waals surface area contributed by atoms with Gasteiger partial charge < -0.3 is 147 Å². The van der Waals surface area contributed by atoms with Gasteiger partial charge in [-0.15, -0.1) is 0 Å². The molecule has 2 saturated heterocycles. The summed E-state index contributed by atoms with van der Waals surface area (Å²) in [4.78, 5) is 140. The van der Waals surface area contributed by atoms with Gasteiger partial charge in [0, 0.05) is 48.2 Å². The average molecular weight is 1820 g/mol. The SMILES string of the molecule is CCCCCCCCCCCC(=O)N[C@H]1[C@H](Oc2c3cc4cc2Oc2ccc(cc2Cl)[C@@H](O)[C@@H]2NC(=O)[C@H](NC(=O)[C@@H]4NC(=O)[C@H]4NC(=O)[C@@H](Cc5ccc(cc5)O3)NC(=O)[C@H](NC)c3ccc(O)c(c3)Oc3cc(O)c(Cl)c4c3)c3ccc(O)c(c3)-c3c(O[C@H]4O[C@H](CO)[C@@H](O)[C@H](O)[C@@H]4O)cc(O)cc3[C@H](C(=O)NCCCN(C)C)NC2=O)O[C@H](C(=O)O)[C@@H](O)[C@@H]1O. The molecule has 0 aliphatic carbocycles. The first-order valence-electron chi connectivity index (χ1n) is 41.6. The maximum Gasteiger partial charge on any atom is 0.335 e. The molecule has 7 aromatic rings. The van der Waals surface area contributed by atoms with Crippen molar-refractivity contribution in [1.82, 2.24) is 52.8 Å². The zero-order valence-electron chi connectivity index (χ0n) is 69.6. The van der Waals surface area contributed by atoms with Crippen molar-refractivity contribution in [3.63, 3.8) is 0 Å². The van der Waals surface area contributed by atoms with Crippen LogP contribution in [-0.4, -0.2) is 234 Å². The van der Waals surface area contributed by atoms with Crippen molar-refractivity contribution in [1.29, 1.82) is 0 Å². The number of phenols is 4. The Morgan fingerprint density at radius 3 is 1.88 bits per heavy atom. The van der Waals surface area contributed by atoms with E-state index in [1.165, 1.54) is 49.5 Å². The number of likely N-dealkylation sites (N-methyl/N-ethyl adjacent to an activating group) is 1. The smallest absolute Gasteiger partial charge is 0.335 e. The number of hydrogen-bond acceptors (Lipinski definition) is 29. The fourth-order valence-corrected chi connectivity index (χ4v) is 16.4. The van der Waals surface area contributed by atoms with Crippen molar-refractivity contribution in [3.8, 4) is 80.1 Å². The van der Waals surface area contributed by atoms with Gasteiger partial charge in [0.1, 0.15) is 131 Å². The van der Waals surface area contributed by atoms with E-state index in [4.69, 9.17) is 56.4 Å². The molecule has 8 aliphatic heterocycles. The monoisotopic (exact) mass is 1810 g/mol. The van der Waals surface area contributed by atoms with Crippen LogP contribution >= 0.6 is 23.2 Å². The van der Waals surface area contributed by atoms with Crippen LogP contribution in [0.2, 0.25) is 10.0 Å². The molecule has 17 bridgehead atoms. The van der Waals surface area contributed by atoms with Crippen LogP contribution in [0.1, 0.15) is 153 Å². The number of aliphatic hydroxyl groups excluding tert-OH is 7. The van der Waals surface area contributed by atoms with Gasteiger partial charge in [-0.05, 0) is 147 Å². The molecule has 684 valence electrons. The van der Waals surface area contributed by atoms with E-state index in [9.17, 15) is 75.7 Å². The van der Waals surface area contributed by atoms with Gasteiger partial charge in [-0.1, -0.05) is 112 Å². The molecule has 0 saturated carbocycles. The van der Waals surface area contributed by atoms with Gasteiger partial charge in [0.15, 0.2) is 29.1 Å². The third kappa shape index (κ3) is 21.1. The number of carboxylic acids is 1. The van der Waals surface area contributed by atoms with Gasteiger partial charge in [-0.2, -0.15) is 0 Å². The minimum absolute atomic E-state index is 0.0939. The summed E-state index contributed by atoms with van der Waals surface area (Å²) in [5.41, 5.74) is -2.67. The zero-order chi connectivity index (χ0) is 91.8. The first-order valence-corrected chi connectivity index (χ1v) is 42.4. The van der Waals surface area contributed by atoms with Crippen molar-refractivity contribution < 1.29 is 138 Å². The molecule has 40 heteroatoms. The average Bonchev–Trinajstić information content (AvgIpc) is 0.755. The number of carbonyl (C=O) groups is 9. The van der Waals surface area contributed by atoms with Crippen molar-refractivity contribution in [2.45, 2.75) is 194 Å². The largest absolute Gasteiger partial charge is 0.508 e. The summed E-state index contributed by atoms with van der Waals surface area (Å²) in [7, 11) is 4.95. The van der Waals surface area contributed by atoms with E-state index < -0.39 is 271 Å². The number of hydrogen-bond donors (Lipinski definition) is 21. The number of amides is 8. The van der Waals surface area contributed by atoms with E-state index in [1.54, 1.807) is 19.0 Å². The number of halogens is 2. The molecular weight excluding hydrogens is 1720 g/mol. The highest BCUT2D eigenvalue weighted by Gasteiger charge is 2.52. The summed E-state index contributed by atoms with van der Waals surface area (Å²) in [5.74, 6) is -18.0. The van der Waals surface area contributed by atoms with Gasteiger partial charge >= 0.3 is 5.97 Å². The predicted octanol–water partition coefficient (Wildman–Crippen LogP) is 4.31. The van der Waals surface area contributed by atoms with E-state index in [0.29, 0.717) is 24.9 Å². The summed E-state index contributed by atoms with van der Waals surface area (Å²) in [6, 6.07) is 5.70. The molecule has 0 radical (unpaired) electrons. The van der Waals surface area contributed by atoms with Crippen molar-refractivity contribution in [2.75, 3.05) is 40.8 Å². The number of carbonyl (C=O) groups excluding carboxylic acids is 8. The highest BCUT2D eigenvalue weighted by molar-refractivity contribution is 6.33. The van der Waals surface area contributed by atoms with E-state index in [0.717, 1.165) is 118 Å². The molecule has 38 nitrogen and oxygen atoms in total. The van der Waals surface area contributed by atoms with E-state index in [1.807, 2.05) is 0 Å². The second-order valence-corrected chi connectivity index (χ2v) is 33.0. The number of ether oxygens (including phenoxy) is 7. The second kappa shape index (κ2) is 41.0. The second-order valence-electron chi connectivity index (χ2n) is 32.2. The van der Waals surface area contributed by atoms with Crippen LogP contribution in [0.3, 0.4) is 0 Å². The van der Waals surface area contributed by atoms with Crippen LogP contribution in [0.4, 0.5) is 0 Å². The molecular formula is C88H100Cl2N10O28. The van der Waals surface area contributed by atoms with Crippen LogP contribution in [0.25, 0.3) is 11.1 Å². The standard InChI is InChI=1S/C88H100Cl2N10O28/c1-5-6-7-8-9-10-11-12-13-15-61(106)94-70-73(109)75(111)78(86(120)121)128-87(70)127-77-58-32-43-33-59(77)124-55-25-20-42(30-50(55)89)71(107)69-85(119)98-67(80(114)92-26-14-27-100(3)4)48-34-44(102)35-57(125-88-76(112)74(110)72(108)60(38-101)126-88)62(48)47-29-40(18-23-52(47)103)65(82(116)99-69)95-83(117)66(43)96-84(118)68-49-36-46(37-54(105)63(49)90)123-56-31-41(19-24-53(56)104)64(91-2)81(115)93-51(79(113)97-68)28-39-16-21-45(122-58)22-17-39/h16-25,29-37,51,60,64-76,78,87-88,91,101-105,107-112H,5-15,26-28,38H2,1-4H3,(H,92,114)(H,93,115)(H,94,106)(H,95,117)(H,96,118)(H,97,113)(H,98,119)(H,99,116)(H,120,121)/t51-,60-,64-,65-,66-,67-,68+,69+,70-,71-,72-,73-,74+,75+,76+,78+,87-,88+/m1/s1. The molecule has 21 N–H and O–H groups in total. The van der Waals surface area contributed by atoms with E-state index >= 15 is 28.8 Å². The molecule has 128 heavy (non-hydrogen) atoms. The highest BCUT2D eigenvalue weighted by atomic mass is 35.5. The number of aromatic hydroxyl groups is 4. The number of phenolic OH excluding ortho intramolecular Hbond substituents is 4. The number of fused-ring (bicyclic) bond motifs is 14. The topological polar surface area (TPSA) is 573 Å². The third-order valence-corrected chi connectivity index (χ3v) is 23.5. The lowest BCUT2D eigenvalue weighted by atomic mass is 9.89. The quantitative estimate of drug-likeness (QED) is 0.0397. The summed E-state index contributed by atoms with van der Waals surface area (Å²) < 4.78 is 44.5. The highest BCUT2D eigenvalue weighted by Crippen LogP contribution is 2.51. The fraction of sp³-hybridized carbons (Fsp3) is 0.420. The van der Waals surface area contributed by atoms with Gasteiger partial charge in [-0.3, -0.25) is 38.4 Å². The summed E-state index contributed by atoms with van der Waals surface area (Å²) in [6.07, 6.45) is -13.5. The normalized spacial score (nSPS) is 25.8. The lowest BCUT2D eigenvalue weighted by molar-refractivity contribution is -0.277. The van der Waals surface area contributed by atoms with E-state index in [2.05, 4.69) is 54.8 Å². The molecule has 2 fully saturated rings. The number of aliphatic carboxylic acids is 1. The summed E-state index contributed by atoms with van der Waals surface area (Å²) in [6.45, 7) is 1.46. The first-order chi connectivity index (χ1) is 61.2. The number of unbranched alkanes of at least 4 members (excludes halogenated alkanes) is 8. The lowest BCUT2D eigenvalue weighted by Gasteiger charge is -2.41. The minimum atomic E-state index is -2.45.